The molecule has 9 heteroatoms. The number of hydrogen-bond donors (Lipinski definition) is 1. The van der Waals surface area contributed by atoms with Crippen LogP contribution in [0.1, 0.15) is 39.8 Å². The standard InChI is InChI=1S/C20H26N4O4S/c1-14-18(15(2)24(22-14)17-9-10-29(27,28)13-17)12-23(3)19(25)11-21-20(26)16-7-5-4-6-8-16/h4-8,17H,9-13H2,1-3H3,(H,21,26)/t17-/m0/s1. The van der Waals surface area contributed by atoms with Crippen molar-refractivity contribution in [2.24, 2.45) is 0 Å². The summed E-state index contributed by atoms with van der Waals surface area (Å²) in [6.07, 6.45) is 0.560. The minimum Gasteiger partial charge on any atom is -0.343 e. The molecule has 29 heavy (non-hydrogen) atoms. The van der Waals surface area contributed by atoms with Crippen LogP contribution in [0.2, 0.25) is 0 Å². The second-order valence-electron chi connectivity index (χ2n) is 7.45. The highest BCUT2D eigenvalue weighted by Crippen LogP contribution is 2.27. The fraction of sp³-hybridized carbons (Fsp3) is 0.450. The predicted molar refractivity (Wildman–Crippen MR) is 109 cm³/mol. The lowest BCUT2D eigenvalue weighted by Crippen LogP contribution is -2.38. The van der Waals surface area contributed by atoms with Crippen molar-refractivity contribution in [1.82, 2.24) is 20.0 Å². The van der Waals surface area contributed by atoms with Crippen LogP contribution in [-0.4, -0.2) is 60.0 Å². The smallest absolute Gasteiger partial charge is 0.251 e. The zero-order valence-corrected chi connectivity index (χ0v) is 17.7. The van der Waals surface area contributed by atoms with Gasteiger partial charge in [-0.05, 0) is 32.4 Å². The van der Waals surface area contributed by atoms with Crippen LogP contribution in [0, 0.1) is 13.8 Å². The van der Waals surface area contributed by atoms with Crippen LogP contribution in [0.15, 0.2) is 30.3 Å². The summed E-state index contributed by atoms with van der Waals surface area (Å²) in [6.45, 7) is 4.00. The highest BCUT2D eigenvalue weighted by atomic mass is 32.2. The number of amides is 2. The Morgan fingerprint density at radius 1 is 1.24 bits per heavy atom. The van der Waals surface area contributed by atoms with Crippen molar-refractivity contribution >= 4 is 21.7 Å². The molecule has 1 aliphatic heterocycles. The van der Waals surface area contributed by atoms with Crippen molar-refractivity contribution in [3.63, 3.8) is 0 Å². The molecule has 2 amide bonds. The van der Waals surface area contributed by atoms with Crippen molar-refractivity contribution in [3.8, 4) is 0 Å². The van der Waals surface area contributed by atoms with Crippen LogP contribution in [0.4, 0.5) is 0 Å². The van der Waals surface area contributed by atoms with E-state index in [1.54, 1.807) is 36.0 Å². The number of nitrogens with zero attached hydrogens (tertiary/aromatic N) is 3. The molecule has 3 rings (SSSR count). The van der Waals surface area contributed by atoms with Crippen LogP contribution in [0.3, 0.4) is 0 Å². The van der Waals surface area contributed by atoms with Gasteiger partial charge < -0.3 is 10.2 Å². The van der Waals surface area contributed by atoms with Gasteiger partial charge in [0.05, 0.1) is 29.8 Å². The third-order valence-corrected chi connectivity index (χ3v) is 7.04. The van der Waals surface area contributed by atoms with Crippen LogP contribution in [-0.2, 0) is 21.2 Å². The summed E-state index contributed by atoms with van der Waals surface area (Å²) in [7, 11) is -1.33. The van der Waals surface area contributed by atoms with E-state index in [0.717, 1.165) is 17.0 Å². The third-order valence-electron chi connectivity index (χ3n) is 5.29. The molecule has 0 unspecified atom stereocenters. The number of carbonyl (C=O) groups is 2. The Morgan fingerprint density at radius 3 is 2.55 bits per heavy atom. The highest BCUT2D eigenvalue weighted by Gasteiger charge is 2.31. The van der Waals surface area contributed by atoms with Gasteiger partial charge in [0.2, 0.25) is 5.91 Å². The van der Waals surface area contributed by atoms with E-state index >= 15 is 0 Å². The molecule has 0 saturated carbocycles. The second-order valence-corrected chi connectivity index (χ2v) is 9.68. The van der Waals surface area contributed by atoms with Crippen LogP contribution in [0.5, 0.6) is 0 Å². The van der Waals surface area contributed by atoms with Crippen LogP contribution < -0.4 is 5.32 Å². The van der Waals surface area contributed by atoms with Crippen LogP contribution >= 0.6 is 0 Å². The number of sulfone groups is 1. The first-order valence-electron chi connectivity index (χ1n) is 9.50. The number of carbonyl (C=O) groups excluding carboxylic acids is 2. The molecule has 1 fully saturated rings. The lowest BCUT2D eigenvalue weighted by molar-refractivity contribution is -0.129. The number of nitrogens with one attached hydrogen (secondary N) is 1. The van der Waals surface area contributed by atoms with Gasteiger partial charge in [-0.15, -0.1) is 0 Å². The Morgan fingerprint density at radius 2 is 1.93 bits per heavy atom. The summed E-state index contributed by atoms with van der Waals surface area (Å²) >= 11 is 0. The maximum absolute atomic E-state index is 12.5. The molecule has 2 heterocycles. The van der Waals surface area contributed by atoms with E-state index in [9.17, 15) is 18.0 Å². The van der Waals surface area contributed by atoms with E-state index in [4.69, 9.17) is 0 Å². The van der Waals surface area contributed by atoms with E-state index < -0.39 is 9.84 Å². The Kier molecular flexibility index (Phi) is 6.07. The van der Waals surface area contributed by atoms with Crippen molar-refractivity contribution in [2.75, 3.05) is 25.1 Å². The third kappa shape index (κ3) is 4.84. The van der Waals surface area contributed by atoms with Crippen molar-refractivity contribution < 1.29 is 18.0 Å². The molecular formula is C20H26N4O4S. The molecule has 1 aromatic heterocycles. The molecule has 8 nitrogen and oxygen atoms in total. The summed E-state index contributed by atoms with van der Waals surface area (Å²) in [5.74, 6) is -0.223. The second kappa shape index (κ2) is 8.36. The van der Waals surface area contributed by atoms with Crippen LogP contribution in [0.25, 0.3) is 0 Å². The summed E-state index contributed by atoms with van der Waals surface area (Å²) < 4.78 is 25.4. The average molecular weight is 419 g/mol. The quantitative estimate of drug-likeness (QED) is 0.761. The molecule has 2 aromatic rings. The van der Waals surface area contributed by atoms with E-state index in [0.29, 0.717) is 18.5 Å². The van der Waals surface area contributed by atoms with Gasteiger partial charge in [-0.25, -0.2) is 8.42 Å². The lowest BCUT2D eigenvalue weighted by atomic mass is 10.1. The van der Waals surface area contributed by atoms with Crippen molar-refractivity contribution in [1.29, 1.82) is 0 Å². The van der Waals surface area contributed by atoms with Gasteiger partial charge in [-0.1, -0.05) is 18.2 Å². The Labute approximate surface area is 170 Å². The Hall–Kier alpha value is -2.68. The summed E-state index contributed by atoms with van der Waals surface area (Å²) in [6, 6.07) is 8.57. The lowest BCUT2D eigenvalue weighted by Gasteiger charge is -2.18. The van der Waals surface area contributed by atoms with E-state index in [-0.39, 0.29) is 35.9 Å². The zero-order valence-electron chi connectivity index (χ0n) is 16.9. The number of rotatable bonds is 6. The van der Waals surface area contributed by atoms with Gasteiger partial charge in [0.25, 0.3) is 5.91 Å². The number of aromatic nitrogens is 2. The number of benzene rings is 1. The van der Waals surface area contributed by atoms with Gasteiger partial charge in [0.1, 0.15) is 0 Å². The van der Waals surface area contributed by atoms with E-state index in [1.807, 2.05) is 19.9 Å². The molecular weight excluding hydrogens is 392 g/mol. The number of likely N-dealkylation sites (N-methyl/N-ethyl adjacent to an activating group) is 1. The summed E-state index contributed by atoms with van der Waals surface area (Å²) in [5, 5.41) is 7.16. The van der Waals surface area contributed by atoms with Gasteiger partial charge in [0, 0.05) is 30.4 Å². The maximum Gasteiger partial charge on any atom is 0.251 e. The summed E-state index contributed by atoms with van der Waals surface area (Å²) in [5.41, 5.74) is 3.05. The van der Waals surface area contributed by atoms with Gasteiger partial charge >= 0.3 is 0 Å². The molecule has 1 N–H and O–H groups in total. The first-order chi connectivity index (χ1) is 13.7. The largest absolute Gasteiger partial charge is 0.343 e. The topological polar surface area (TPSA) is 101 Å². The Balaban J connectivity index is 1.62. The van der Waals surface area contributed by atoms with E-state index in [1.165, 1.54) is 4.90 Å². The van der Waals surface area contributed by atoms with E-state index in [2.05, 4.69) is 10.4 Å². The Bertz CT molecular complexity index is 1010. The molecule has 1 aromatic carbocycles. The fourth-order valence-corrected chi connectivity index (χ4v) is 5.25. The molecule has 1 aliphatic rings. The SMILES string of the molecule is Cc1nn([C@H]2CCS(=O)(=O)C2)c(C)c1CN(C)C(=O)CNC(=O)c1ccccc1. The first kappa shape index (κ1) is 21.0. The average Bonchev–Trinajstić information content (AvgIpc) is 3.19. The molecule has 1 atom stereocenters. The minimum absolute atomic E-state index is 0.0999. The normalized spacial score (nSPS) is 17.8. The monoisotopic (exact) mass is 418 g/mol. The van der Waals surface area contributed by atoms with Gasteiger partial charge in [-0.3, -0.25) is 14.3 Å². The number of hydrogen-bond acceptors (Lipinski definition) is 5. The molecule has 156 valence electrons. The van der Waals surface area contributed by atoms with Gasteiger partial charge in [-0.2, -0.15) is 5.10 Å². The zero-order chi connectivity index (χ0) is 21.2. The molecule has 0 spiro atoms. The molecule has 0 bridgehead atoms. The minimum atomic E-state index is -3.00. The molecule has 0 aliphatic carbocycles. The fourth-order valence-electron chi connectivity index (χ4n) is 3.56. The maximum atomic E-state index is 12.5. The molecule has 0 radical (unpaired) electrons. The van der Waals surface area contributed by atoms with Crippen molar-refractivity contribution in [2.45, 2.75) is 32.9 Å². The molecule has 1 saturated heterocycles. The predicted octanol–water partition coefficient (Wildman–Crippen LogP) is 1.25. The highest BCUT2D eigenvalue weighted by molar-refractivity contribution is 7.91. The van der Waals surface area contributed by atoms with Gasteiger partial charge in [0.15, 0.2) is 9.84 Å². The first-order valence-corrected chi connectivity index (χ1v) is 11.3. The summed E-state index contributed by atoms with van der Waals surface area (Å²) in [4.78, 5) is 26.1. The number of aryl methyl sites for hydroxylation is 1. The van der Waals surface area contributed by atoms with Crippen molar-refractivity contribution in [3.05, 3.63) is 52.8 Å².